The predicted octanol–water partition coefficient (Wildman–Crippen LogP) is 2.12. The van der Waals surface area contributed by atoms with E-state index >= 15 is 0 Å². The molecule has 10 atom stereocenters. The molecule has 3 fully saturated rings. The minimum Gasteiger partial charge on any atom is -0.393 e. The van der Waals surface area contributed by atoms with Gasteiger partial charge >= 0.3 is 0 Å². The Bertz CT molecular complexity index is 1080. The van der Waals surface area contributed by atoms with Gasteiger partial charge in [-0.3, -0.25) is 14.4 Å². The van der Waals surface area contributed by atoms with E-state index in [4.69, 9.17) is 0 Å². The van der Waals surface area contributed by atoms with Crippen molar-refractivity contribution >= 4 is 17.3 Å². The molecule has 4 rings (SSSR count). The van der Waals surface area contributed by atoms with Gasteiger partial charge in [0.15, 0.2) is 11.6 Å². The lowest BCUT2D eigenvalue weighted by molar-refractivity contribution is -0.186. The quantitative estimate of drug-likeness (QED) is 0.336. The van der Waals surface area contributed by atoms with E-state index in [1.807, 2.05) is 26.8 Å². The average Bonchev–Trinajstić information content (AvgIpc) is 2.97. The van der Waals surface area contributed by atoms with Crippen LogP contribution in [-0.2, 0) is 14.4 Å². The highest BCUT2D eigenvalue weighted by Gasteiger charge is 2.74. The lowest BCUT2D eigenvalue weighted by Crippen LogP contribution is -2.65. The van der Waals surface area contributed by atoms with Gasteiger partial charge < -0.3 is 25.5 Å². The Morgan fingerprint density at radius 2 is 1.63 bits per heavy atom. The van der Waals surface area contributed by atoms with Crippen LogP contribution in [0.15, 0.2) is 11.6 Å². The smallest absolute Gasteiger partial charge is 0.170 e. The van der Waals surface area contributed by atoms with Crippen molar-refractivity contribution in [2.45, 2.75) is 117 Å². The van der Waals surface area contributed by atoms with Crippen molar-refractivity contribution < 1.29 is 39.9 Å². The molecule has 0 heterocycles. The van der Waals surface area contributed by atoms with E-state index in [2.05, 4.69) is 0 Å². The summed E-state index contributed by atoms with van der Waals surface area (Å²) in [5.74, 6) is -2.49. The molecule has 214 valence electrons. The lowest BCUT2D eigenvalue weighted by Gasteiger charge is -2.64. The third kappa shape index (κ3) is 3.70. The number of hydrogen-bond donors (Lipinski definition) is 5. The molecule has 0 aromatic carbocycles. The molecule has 8 nitrogen and oxygen atoms in total. The van der Waals surface area contributed by atoms with Crippen LogP contribution in [-0.4, -0.2) is 72.4 Å². The summed E-state index contributed by atoms with van der Waals surface area (Å²) in [4.78, 5) is 40.4. The van der Waals surface area contributed by atoms with Crippen LogP contribution >= 0.6 is 0 Å². The van der Waals surface area contributed by atoms with Crippen LogP contribution in [0.1, 0.15) is 87.5 Å². The standard InChI is InChI=1S/C30H46O8/c1-25(2)15-9-10-19-27(5)13-18(32)23(30(8,38)21(34)12-20(33)26(3,4)37)28(27,6)14-22(35)29(19,7)16(15)11-17(31)24(25)36/h9,16-20,23,31-33,37-38H,10-14H2,1-8H3/t16-,17+,18-,19+,20-,23+,27+,28-,29+,30-/m1/s1. The number of aliphatic hydroxyl groups is 5. The second kappa shape index (κ2) is 8.53. The number of rotatable bonds is 5. The van der Waals surface area contributed by atoms with Gasteiger partial charge in [-0.15, -0.1) is 0 Å². The Labute approximate surface area is 225 Å². The first-order valence-electron chi connectivity index (χ1n) is 13.9. The number of carbonyl (C=O) groups is 3. The monoisotopic (exact) mass is 534 g/mol. The van der Waals surface area contributed by atoms with Gasteiger partial charge in [-0.25, -0.2) is 0 Å². The minimum absolute atomic E-state index is 0.0317. The maximum atomic E-state index is 14.2. The van der Waals surface area contributed by atoms with E-state index in [-0.39, 0.29) is 42.7 Å². The molecule has 0 unspecified atom stereocenters. The SMILES string of the molecule is CC1(C)C(=O)[C@@H](O)C[C@@H]2C1=CC[C@@H]1[C@@]2(C)C(=O)C[C@]2(C)[C@@H]([C@](C)(O)C(=O)C[C@@H](O)C(C)(C)O)[C@H](O)C[C@@]12C. The largest absolute Gasteiger partial charge is 0.393 e. The van der Waals surface area contributed by atoms with Gasteiger partial charge in [-0.1, -0.05) is 32.4 Å². The van der Waals surface area contributed by atoms with Crippen molar-refractivity contribution in [2.75, 3.05) is 0 Å². The average molecular weight is 535 g/mol. The third-order valence-corrected chi connectivity index (χ3v) is 11.8. The molecule has 0 bridgehead atoms. The first-order chi connectivity index (χ1) is 17.1. The normalized spacial score (nSPS) is 44.9. The molecule has 5 N–H and O–H groups in total. The zero-order valence-corrected chi connectivity index (χ0v) is 24.0. The van der Waals surface area contributed by atoms with Crippen LogP contribution in [0.3, 0.4) is 0 Å². The zero-order valence-electron chi connectivity index (χ0n) is 24.0. The molecule has 0 spiro atoms. The summed E-state index contributed by atoms with van der Waals surface area (Å²) in [6, 6.07) is 0. The summed E-state index contributed by atoms with van der Waals surface area (Å²) in [6.07, 6.45) is -1.07. The molecular weight excluding hydrogens is 488 g/mol. The van der Waals surface area contributed by atoms with E-state index < -0.39 is 69.3 Å². The Morgan fingerprint density at radius 3 is 2.18 bits per heavy atom. The maximum Gasteiger partial charge on any atom is 0.170 e. The summed E-state index contributed by atoms with van der Waals surface area (Å²) in [7, 11) is 0. The molecule has 38 heavy (non-hydrogen) atoms. The van der Waals surface area contributed by atoms with Crippen molar-refractivity contribution in [1.82, 2.24) is 0 Å². The van der Waals surface area contributed by atoms with Gasteiger partial charge in [0.05, 0.1) is 17.8 Å². The fourth-order valence-corrected chi connectivity index (χ4v) is 9.20. The first-order valence-corrected chi connectivity index (χ1v) is 13.9. The topological polar surface area (TPSA) is 152 Å². The van der Waals surface area contributed by atoms with Crippen LogP contribution in [0, 0.1) is 39.4 Å². The number of allylic oxidation sites excluding steroid dienone is 2. The number of carbonyl (C=O) groups excluding carboxylic acids is 3. The van der Waals surface area contributed by atoms with E-state index in [9.17, 15) is 39.9 Å². The van der Waals surface area contributed by atoms with Gasteiger partial charge in [-0.05, 0) is 76.5 Å². The highest BCUT2D eigenvalue weighted by Crippen LogP contribution is 2.74. The van der Waals surface area contributed by atoms with Crippen LogP contribution in [0.2, 0.25) is 0 Å². The number of Topliss-reactive ketones (excluding diaryl/α,β-unsaturated/α-hetero) is 3. The van der Waals surface area contributed by atoms with E-state index in [0.717, 1.165) is 5.57 Å². The van der Waals surface area contributed by atoms with Crippen molar-refractivity contribution in [3.63, 3.8) is 0 Å². The fourth-order valence-electron chi connectivity index (χ4n) is 9.20. The van der Waals surface area contributed by atoms with Gasteiger partial charge in [0, 0.05) is 29.6 Å². The highest BCUT2D eigenvalue weighted by molar-refractivity contribution is 5.95. The molecule has 8 heteroatoms. The molecule has 0 aromatic rings. The Morgan fingerprint density at radius 1 is 1.05 bits per heavy atom. The summed E-state index contributed by atoms with van der Waals surface area (Å²) >= 11 is 0. The summed E-state index contributed by atoms with van der Waals surface area (Å²) in [5.41, 5.74) is -6.03. The maximum absolute atomic E-state index is 14.2. The van der Waals surface area contributed by atoms with Crippen molar-refractivity contribution in [2.24, 2.45) is 39.4 Å². The fraction of sp³-hybridized carbons (Fsp3) is 0.833. The van der Waals surface area contributed by atoms with Gasteiger partial charge in [0.2, 0.25) is 0 Å². The number of ketones is 3. The van der Waals surface area contributed by atoms with Gasteiger partial charge in [0.25, 0.3) is 0 Å². The minimum atomic E-state index is -2.04. The predicted molar refractivity (Wildman–Crippen MR) is 140 cm³/mol. The van der Waals surface area contributed by atoms with E-state index in [0.29, 0.717) is 6.42 Å². The Balaban J connectivity index is 1.77. The number of aliphatic hydroxyl groups excluding tert-OH is 3. The van der Waals surface area contributed by atoms with Crippen LogP contribution in [0.4, 0.5) is 0 Å². The molecular formula is C30H46O8. The molecule has 0 amide bonds. The van der Waals surface area contributed by atoms with Crippen LogP contribution in [0.5, 0.6) is 0 Å². The highest BCUT2D eigenvalue weighted by atomic mass is 16.3. The Kier molecular flexibility index (Phi) is 6.63. The zero-order chi connectivity index (χ0) is 29.0. The molecule has 0 aromatic heterocycles. The second-order valence-electron chi connectivity index (χ2n) is 14.7. The number of fused-ring (bicyclic) bond motifs is 5. The van der Waals surface area contributed by atoms with Crippen molar-refractivity contribution in [3.05, 3.63) is 11.6 Å². The third-order valence-electron chi connectivity index (χ3n) is 11.8. The molecule has 0 radical (unpaired) electrons. The number of hydrogen-bond acceptors (Lipinski definition) is 8. The van der Waals surface area contributed by atoms with E-state index in [1.165, 1.54) is 20.8 Å². The molecule has 3 saturated carbocycles. The van der Waals surface area contributed by atoms with Gasteiger partial charge in [0.1, 0.15) is 17.5 Å². The van der Waals surface area contributed by atoms with Crippen molar-refractivity contribution in [3.8, 4) is 0 Å². The summed E-state index contributed by atoms with van der Waals surface area (Å²) in [6.45, 7) is 13.6. The molecule has 4 aliphatic carbocycles. The first kappa shape index (κ1) is 29.5. The summed E-state index contributed by atoms with van der Waals surface area (Å²) < 4.78 is 0. The summed E-state index contributed by atoms with van der Waals surface area (Å²) in [5, 5.41) is 54.3. The molecule has 0 saturated heterocycles. The van der Waals surface area contributed by atoms with Crippen LogP contribution < -0.4 is 0 Å². The second-order valence-corrected chi connectivity index (χ2v) is 14.7. The molecule has 0 aliphatic heterocycles. The van der Waals surface area contributed by atoms with Crippen LogP contribution in [0.25, 0.3) is 0 Å². The van der Waals surface area contributed by atoms with Gasteiger partial charge in [-0.2, -0.15) is 0 Å². The van der Waals surface area contributed by atoms with E-state index in [1.54, 1.807) is 13.8 Å². The van der Waals surface area contributed by atoms with Crippen molar-refractivity contribution in [1.29, 1.82) is 0 Å². The lowest BCUT2D eigenvalue weighted by atomic mass is 9.38. The molecule has 4 aliphatic rings. The Hall–Kier alpha value is -1.45.